The van der Waals surface area contributed by atoms with E-state index in [9.17, 15) is 13.2 Å². The zero-order chi connectivity index (χ0) is 13.4. The highest BCUT2D eigenvalue weighted by Crippen LogP contribution is 2.23. The van der Waals surface area contributed by atoms with Crippen LogP contribution in [0.4, 0.5) is 0 Å². The van der Waals surface area contributed by atoms with Gasteiger partial charge in [-0.1, -0.05) is 0 Å². The molecule has 0 saturated carbocycles. The zero-order valence-corrected chi connectivity index (χ0v) is 11.6. The van der Waals surface area contributed by atoms with Gasteiger partial charge in [0.2, 0.25) is 5.91 Å². The van der Waals surface area contributed by atoms with Gasteiger partial charge in [-0.2, -0.15) is 0 Å². The second-order valence-corrected chi connectivity index (χ2v) is 7.98. The molecule has 1 atom stereocenters. The summed E-state index contributed by atoms with van der Waals surface area (Å²) in [5, 5.41) is 5.85. The van der Waals surface area contributed by atoms with E-state index in [1.54, 1.807) is 6.92 Å². The molecule has 0 aromatic heterocycles. The van der Waals surface area contributed by atoms with Gasteiger partial charge in [0.15, 0.2) is 9.84 Å². The molecular formula is C11H20N2O4S. The predicted octanol–water partition coefficient (Wildman–Crippen LogP) is -0.942. The van der Waals surface area contributed by atoms with Gasteiger partial charge in [-0.25, -0.2) is 8.42 Å². The SMILES string of the molecule is CC1(NC(=O)COC2(C)CNC2)CCS(=O)(=O)C1. The molecule has 0 radical (unpaired) electrons. The van der Waals surface area contributed by atoms with Gasteiger partial charge < -0.3 is 15.4 Å². The molecule has 2 fully saturated rings. The summed E-state index contributed by atoms with van der Waals surface area (Å²) in [6.07, 6.45) is 0.472. The lowest BCUT2D eigenvalue weighted by molar-refractivity contribution is -0.137. The largest absolute Gasteiger partial charge is 0.363 e. The van der Waals surface area contributed by atoms with Gasteiger partial charge in [-0.3, -0.25) is 4.79 Å². The van der Waals surface area contributed by atoms with Crippen LogP contribution < -0.4 is 10.6 Å². The highest BCUT2D eigenvalue weighted by Gasteiger charge is 2.40. The second-order valence-electron chi connectivity index (χ2n) is 5.79. The van der Waals surface area contributed by atoms with Crippen molar-refractivity contribution in [2.75, 3.05) is 31.2 Å². The Morgan fingerprint density at radius 2 is 2.06 bits per heavy atom. The Morgan fingerprint density at radius 1 is 1.39 bits per heavy atom. The van der Waals surface area contributed by atoms with E-state index in [4.69, 9.17) is 4.74 Å². The summed E-state index contributed by atoms with van der Waals surface area (Å²) in [7, 11) is -3.00. The highest BCUT2D eigenvalue weighted by molar-refractivity contribution is 7.91. The van der Waals surface area contributed by atoms with Gasteiger partial charge in [0.05, 0.1) is 22.6 Å². The van der Waals surface area contributed by atoms with E-state index in [1.807, 2.05) is 6.92 Å². The van der Waals surface area contributed by atoms with Crippen molar-refractivity contribution < 1.29 is 17.9 Å². The number of nitrogens with one attached hydrogen (secondary N) is 2. The third-order valence-electron chi connectivity index (χ3n) is 3.49. The lowest BCUT2D eigenvalue weighted by Crippen LogP contribution is -2.60. The number of hydrogen-bond acceptors (Lipinski definition) is 5. The summed E-state index contributed by atoms with van der Waals surface area (Å²) in [5.74, 6) is -0.0839. The van der Waals surface area contributed by atoms with E-state index in [2.05, 4.69) is 10.6 Å². The molecule has 1 unspecified atom stereocenters. The normalized spacial score (nSPS) is 32.8. The smallest absolute Gasteiger partial charge is 0.246 e. The van der Waals surface area contributed by atoms with Crippen molar-refractivity contribution >= 4 is 15.7 Å². The topological polar surface area (TPSA) is 84.5 Å². The van der Waals surface area contributed by atoms with Crippen molar-refractivity contribution in [2.24, 2.45) is 0 Å². The van der Waals surface area contributed by atoms with Crippen molar-refractivity contribution in [3.8, 4) is 0 Å². The van der Waals surface area contributed by atoms with E-state index in [1.165, 1.54) is 0 Å². The fraction of sp³-hybridized carbons (Fsp3) is 0.909. The minimum absolute atomic E-state index is 0.0184. The molecule has 0 spiro atoms. The van der Waals surface area contributed by atoms with Crippen molar-refractivity contribution in [3.63, 3.8) is 0 Å². The molecule has 18 heavy (non-hydrogen) atoms. The summed E-state index contributed by atoms with van der Waals surface area (Å²) in [6.45, 7) is 5.17. The monoisotopic (exact) mass is 276 g/mol. The quantitative estimate of drug-likeness (QED) is 0.692. The van der Waals surface area contributed by atoms with Crippen LogP contribution in [0.1, 0.15) is 20.3 Å². The number of carbonyl (C=O) groups excluding carboxylic acids is 1. The first kappa shape index (κ1) is 13.8. The predicted molar refractivity (Wildman–Crippen MR) is 67.0 cm³/mol. The molecule has 0 aromatic carbocycles. The van der Waals surface area contributed by atoms with Gasteiger partial charge in [-0.05, 0) is 20.3 Å². The van der Waals surface area contributed by atoms with Crippen LogP contribution >= 0.6 is 0 Å². The van der Waals surface area contributed by atoms with Crippen LogP contribution in [-0.4, -0.2) is 56.7 Å². The van der Waals surface area contributed by atoms with E-state index < -0.39 is 15.4 Å². The minimum atomic E-state index is -3.00. The standard InChI is InChI=1S/C11H20N2O4S/c1-10(3-4-18(15,16)8-10)13-9(14)5-17-11(2)6-12-7-11/h12H,3-8H2,1-2H3,(H,13,14). The van der Waals surface area contributed by atoms with Gasteiger partial charge in [0.1, 0.15) is 6.61 Å². The van der Waals surface area contributed by atoms with Crippen LogP contribution in [0.25, 0.3) is 0 Å². The summed E-state index contributed by atoms with van der Waals surface area (Å²) in [6, 6.07) is 0. The molecule has 0 bridgehead atoms. The fourth-order valence-corrected chi connectivity index (χ4v) is 4.39. The molecule has 2 rings (SSSR count). The second kappa shape index (κ2) is 4.47. The van der Waals surface area contributed by atoms with Crippen LogP contribution in [0.15, 0.2) is 0 Å². The Balaban J connectivity index is 1.81. The number of ether oxygens (including phenoxy) is 1. The third-order valence-corrected chi connectivity index (χ3v) is 5.40. The number of amides is 1. The lowest BCUT2D eigenvalue weighted by Gasteiger charge is -2.39. The van der Waals surface area contributed by atoms with Gasteiger partial charge in [0, 0.05) is 13.1 Å². The van der Waals surface area contributed by atoms with Crippen molar-refractivity contribution in [1.82, 2.24) is 10.6 Å². The Kier molecular flexibility index (Phi) is 3.42. The van der Waals surface area contributed by atoms with Crippen molar-refractivity contribution in [1.29, 1.82) is 0 Å². The van der Waals surface area contributed by atoms with Crippen LogP contribution in [0.3, 0.4) is 0 Å². The Labute approximate surface area is 107 Å². The first-order valence-corrected chi connectivity index (χ1v) is 7.90. The maximum atomic E-state index is 11.8. The summed E-state index contributed by atoms with van der Waals surface area (Å²) < 4.78 is 28.3. The number of hydrogen-bond donors (Lipinski definition) is 2. The average Bonchev–Trinajstić information content (AvgIpc) is 2.47. The van der Waals surface area contributed by atoms with Crippen LogP contribution in [-0.2, 0) is 19.4 Å². The molecule has 7 heteroatoms. The minimum Gasteiger partial charge on any atom is -0.363 e. The molecule has 2 aliphatic heterocycles. The van der Waals surface area contributed by atoms with Crippen molar-refractivity contribution in [2.45, 2.75) is 31.4 Å². The van der Waals surface area contributed by atoms with Gasteiger partial charge in [0.25, 0.3) is 0 Å². The Hall–Kier alpha value is -0.660. The molecule has 2 aliphatic rings. The summed E-state index contributed by atoms with van der Waals surface area (Å²) in [5.41, 5.74) is -0.905. The van der Waals surface area contributed by atoms with Crippen LogP contribution in [0.5, 0.6) is 0 Å². The maximum Gasteiger partial charge on any atom is 0.246 e. The maximum absolute atomic E-state index is 11.8. The highest BCUT2D eigenvalue weighted by atomic mass is 32.2. The number of rotatable bonds is 4. The Morgan fingerprint density at radius 3 is 2.50 bits per heavy atom. The van der Waals surface area contributed by atoms with E-state index >= 15 is 0 Å². The fourth-order valence-electron chi connectivity index (χ4n) is 2.30. The first-order chi connectivity index (χ1) is 8.22. The van der Waals surface area contributed by atoms with E-state index in [0.29, 0.717) is 6.42 Å². The molecule has 2 saturated heterocycles. The average molecular weight is 276 g/mol. The molecule has 6 nitrogen and oxygen atoms in total. The molecule has 104 valence electrons. The molecule has 0 aliphatic carbocycles. The summed E-state index contributed by atoms with van der Waals surface area (Å²) >= 11 is 0. The van der Waals surface area contributed by atoms with Crippen molar-refractivity contribution in [3.05, 3.63) is 0 Å². The first-order valence-electron chi connectivity index (χ1n) is 6.08. The Bertz CT molecular complexity index is 444. The molecule has 1 amide bonds. The number of carbonyl (C=O) groups is 1. The van der Waals surface area contributed by atoms with Gasteiger partial charge >= 0.3 is 0 Å². The zero-order valence-electron chi connectivity index (χ0n) is 10.8. The number of sulfone groups is 1. The van der Waals surface area contributed by atoms with Crippen LogP contribution in [0, 0.1) is 0 Å². The summed E-state index contributed by atoms with van der Waals surface area (Å²) in [4.78, 5) is 11.8. The molecule has 2 N–H and O–H groups in total. The van der Waals surface area contributed by atoms with Gasteiger partial charge in [-0.15, -0.1) is 0 Å². The third kappa shape index (κ3) is 3.21. The molecule has 0 aromatic rings. The molecular weight excluding hydrogens is 256 g/mol. The van der Waals surface area contributed by atoms with E-state index in [-0.39, 0.29) is 29.6 Å². The molecule has 2 heterocycles. The van der Waals surface area contributed by atoms with E-state index in [0.717, 1.165) is 13.1 Å². The van der Waals surface area contributed by atoms with Crippen LogP contribution in [0.2, 0.25) is 0 Å². The lowest BCUT2D eigenvalue weighted by atomic mass is 10.00.